The van der Waals surface area contributed by atoms with E-state index in [0.29, 0.717) is 13.0 Å². The maximum Gasteiger partial charge on any atom is 0.254 e. The lowest BCUT2D eigenvalue weighted by atomic mass is 10.1. The topological polar surface area (TPSA) is 66.6 Å². The number of aliphatic hydroxyl groups excluding tert-OH is 1. The van der Waals surface area contributed by atoms with Gasteiger partial charge in [-0.3, -0.25) is 4.79 Å². The molecule has 1 rings (SSSR count). The summed E-state index contributed by atoms with van der Waals surface area (Å²) in [4.78, 5) is 14.0. The van der Waals surface area contributed by atoms with E-state index in [0.717, 1.165) is 0 Å². The van der Waals surface area contributed by atoms with Crippen molar-refractivity contribution in [3.05, 3.63) is 35.1 Å². The molecule has 0 saturated heterocycles. The predicted octanol–water partition coefficient (Wildman–Crippen LogP) is 1.37. The van der Waals surface area contributed by atoms with Crippen molar-refractivity contribution in [2.45, 2.75) is 26.3 Å². The molecule has 0 aliphatic carbocycles. The van der Waals surface area contributed by atoms with Gasteiger partial charge in [-0.2, -0.15) is 0 Å². The van der Waals surface area contributed by atoms with Crippen molar-refractivity contribution in [3.8, 4) is 11.8 Å². The second-order valence-corrected chi connectivity index (χ2v) is 4.87. The number of benzene rings is 1. The third-order valence-corrected chi connectivity index (χ3v) is 2.98. The molecular weight excluding hydrogens is 271 g/mol. The highest BCUT2D eigenvalue weighted by Gasteiger charge is 2.19. The fourth-order valence-electron chi connectivity index (χ4n) is 1.90. The molecule has 0 bridgehead atoms. The van der Waals surface area contributed by atoms with E-state index in [1.807, 2.05) is 13.8 Å². The summed E-state index contributed by atoms with van der Waals surface area (Å²) in [5.41, 5.74) is 5.75. The number of halogens is 1. The standard InChI is InChI=1S/C16H21FN2O2/c1-12(2)19(9-4-10-20)16(21)14-7-6-13(5-3-8-18)15(17)11-14/h6-7,11-12,20H,4,8-10,18H2,1-2H3. The molecule has 0 fully saturated rings. The number of nitrogens with zero attached hydrogens (tertiary/aromatic N) is 1. The van der Waals surface area contributed by atoms with Crippen molar-refractivity contribution in [2.24, 2.45) is 5.73 Å². The van der Waals surface area contributed by atoms with Gasteiger partial charge in [-0.15, -0.1) is 0 Å². The molecule has 0 unspecified atom stereocenters. The van der Waals surface area contributed by atoms with E-state index >= 15 is 0 Å². The molecule has 0 aromatic heterocycles. The Labute approximate surface area is 124 Å². The van der Waals surface area contributed by atoms with Crippen LogP contribution < -0.4 is 5.73 Å². The predicted molar refractivity (Wildman–Crippen MR) is 80.2 cm³/mol. The molecule has 0 heterocycles. The van der Waals surface area contributed by atoms with E-state index in [4.69, 9.17) is 10.8 Å². The number of rotatable bonds is 5. The van der Waals surface area contributed by atoms with E-state index in [9.17, 15) is 9.18 Å². The minimum absolute atomic E-state index is 0.0124. The summed E-state index contributed by atoms with van der Waals surface area (Å²) in [6, 6.07) is 4.21. The van der Waals surface area contributed by atoms with E-state index in [2.05, 4.69) is 11.8 Å². The number of carbonyl (C=O) groups is 1. The van der Waals surface area contributed by atoms with Crippen LogP contribution in [0.5, 0.6) is 0 Å². The number of amides is 1. The molecule has 114 valence electrons. The molecule has 0 saturated carbocycles. The van der Waals surface area contributed by atoms with Crippen molar-refractivity contribution >= 4 is 5.91 Å². The summed E-state index contributed by atoms with van der Waals surface area (Å²) >= 11 is 0. The maximum atomic E-state index is 13.9. The zero-order valence-electron chi connectivity index (χ0n) is 12.4. The summed E-state index contributed by atoms with van der Waals surface area (Å²) in [7, 11) is 0. The summed E-state index contributed by atoms with van der Waals surface area (Å²) in [5.74, 6) is 4.41. The average molecular weight is 292 g/mol. The first-order valence-corrected chi connectivity index (χ1v) is 6.91. The molecule has 0 radical (unpaired) electrons. The molecule has 4 nitrogen and oxygen atoms in total. The van der Waals surface area contributed by atoms with Crippen molar-refractivity contribution in [2.75, 3.05) is 19.7 Å². The molecule has 3 N–H and O–H groups in total. The van der Waals surface area contributed by atoms with Crippen LogP contribution in [0, 0.1) is 17.7 Å². The van der Waals surface area contributed by atoms with Gasteiger partial charge in [-0.05, 0) is 38.5 Å². The number of hydrogen-bond donors (Lipinski definition) is 2. The Kier molecular flexibility index (Phi) is 6.86. The third-order valence-electron chi connectivity index (χ3n) is 2.98. The van der Waals surface area contributed by atoms with Gasteiger partial charge in [-0.25, -0.2) is 4.39 Å². The number of hydrogen-bond acceptors (Lipinski definition) is 3. The minimum atomic E-state index is -0.535. The Morgan fingerprint density at radius 1 is 1.48 bits per heavy atom. The Balaban J connectivity index is 2.98. The van der Waals surface area contributed by atoms with Gasteiger partial charge in [0.05, 0.1) is 12.1 Å². The van der Waals surface area contributed by atoms with Gasteiger partial charge in [0, 0.05) is 24.8 Å². The van der Waals surface area contributed by atoms with E-state index < -0.39 is 5.82 Å². The number of aliphatic hydroxyl groups is 1. The summed E-state index contributed by atoms with van der Waals surface area (Å²) in [6.07, 6.45) is 0.493. The largest absolute Gasteiger partial charge is 0.396 e. The van der Waals surface area contributed by atoms with Gasteiger partial charge in [0.2, 0.25) is 0 Å². The number of nitrogens with two attached hydrogens (primary N) is 1. The van der Waals surface area contributed by atoms with Crippen molar-refractivity contribution in [1.29, 1.82) is 0 Å². The monoisotopic (exact) mass is 292 g/mol. The van der Waals surface area contributed by atoms with Crippen LogP contribution in [-0.4, -0.2) is 41.7 Å². The quantitative estimate of drug-likeness (QED) is 0.806. The van der Waals surface area contributed by atoms with Gasteiger partial charge >= 0.3 is 0 Å². The normalized spacial score (nSPS) is 10.2. The van der Waals surface area contributed by atoms with E-state index in [-0.39, 0.29) is 36.2 Å². The average Bonchev–Trinajstić information content (AvgIpc) is 2.45. The van der Waals surface area contributed by atoms with Gasteiger partial charge in [0.15, 0.2) is 0 Å². The second kappa shape index (κ2) is 8.40. The lowest BCUT2D eigenvalue weighted by Crippen LogP contribution is -2.38. The van der Waals surface area contributed by atoms with Crippen LogP contribution in [0.4, 0.5) is 4.39 Å². The van der Waals surface area contributed by atoms with E-state index in [1.165, 1.54) is 12.1 Å². The Morgan fingerprint density at radius 3 is 2.71 bits per heavy atom. The first-order chi connectivity index (χ1) is 10.0. The molecule has 0 atom stereocenters. The highest BCUT2D eigenvalue weighted by Crippen LogP contribution is 2.14. The second-order valence-electron chi connectivity index (χ2n) is 4.87. The molecule has 1 amide bonds. The molecule has 21 heavy (non-hydrogen) atoms. The van der Waals surface area contributed by atoms with Crippen LogP contribution in [0.2, 0.25) is 0 Å². The van der Waals surface area contributed by atoms with Crippen LogP contribution in [-0.2, 0) is 0 Å². The van der Waals surface area contributed by atoms with Crippen molar-refractivity contribution < 1.29 is 14.3 Å². The lowest BCUT2D eigenvalue weighted by molar-refractivity contribution is 0.0692. The summed E-state index contributed by atoms with van der Waals surface area (Å²) < 4.78 is 13.9. The van der Waals surface area contributed by atoms with Gasteiger partial charge in [0.1, 0.15) is 5.82 Å². The fraction of sp³-hybridized carbons (Fsp3) is 0.438. The molecule has 1 aromatic carbocycles. The SMILES string of the molecule is CC(C)N(CCCO)C(=O)c1ccc(C#CCN)c(F)c1. The Hall–Kier alpha value is -1.90. The minimum Gasteiger partial charge on any atom is -0.396 e. The molecule has 0 aliphatic heterocycles. The van der Waals surface area contributed by atoms with Crippen LogP contribution in [0.3, 0.4) is 0 Å². The van der Waals surface area contributed by atoms with Crippen LogP contribution >= 0.6 is 0 Å². The molecule has 5 heteroatoms. The van der Waals surface area contributed by atoms with E-state index in [1.54, 1.807) is 11.0 Å². The Bertz CT molecular complexity index is 547. The Morgan fingerprint density at radius 2 is 2.19 bits per heavy atom. The van der Waals surface area contributed by atoms with Gasteiger partial charge in [-0.1, -0.05) is 11.8 Å². The third kappa shape index (κ3) is 4.85. The van der Waals surface area contributed by atoms with Gasteiger partial charge < -0.3 is 15.7 Å². The zero-order valence-corrected chi connectivity index (χ0v) is 12.4. The smallest absolute Gasteiger partial charge is 0.254 e. The molecule has 0 aliphatic rings. The first-order valence-electron chi connectivity index (χ1n) is 6.91. The maximum absolute atomic E-state index is 13.9. The summed E-state index contributed by atoms with van der Waals surface area (Å²) in [6.45, 7) is 4.36. The van der Waals surface area contributed by atoms with Crippen LogP contribution in [0.1, 0.15) is 36.2 Å². The molecular formula is C16H21FN2O2. The van der Waals surface area contributed by atoms with Crippen molar-refractivity contribution in [1.82, 2.24) is 4.90 Å². The van der Waals surface area contributed by atoms with Crippen LogP contribution in [0.15, 0.2) is 18.2 Å². The van der Waals surface area contributed by atoms with Crippen LogP contribution in [0.25, 0.3) is 0 Å². The number of carbonyl (C=O) groups excluding carboxylic acids is 1. The summed E-state index contributed by atoms with van der Waals surface area (Å²) in [5, 5.41) is 8.89. The highest BCUT2D eigenvalue weighted by atomic mass is 19.1. The molecule has 1 aromatic rings. The zero-order chi connectivity index (χ0) is 15.8. The van der Waals surface area contributed by atoms with Gasteiger partial charge in [0.25, 0.3) is 5.91 Å². The fourth-order valence-corrected chi connectivity index (χ4v) is 1.90. The lowest BCUT2D eigenvalue weighted by Gasteiger charge is -2.26. The highest BCUT2D eigenvalue weighted by molar-refractivity contribution is 5.94. The van der Waals surface area contributed by atoms with Crippen molar-refractivity contribution in [3.63, 3.8) is 0 Å². The first kappa shape index (κ1) is 17.2. The molecule has 0 spiro atoms.